The van der Waals surface area contributed by atoms with E-state index in [-0.39, 0.29) is 5.15 Å². The van der Waals surface area contributed by atoms with Crippen LogP contribution in [0.4, 0.5) is 4.39 Å². The van der Waals surface area contributed by atoms with E-state index in [2.05, 4.69) is 18.1 Å². The number of allylic oxidation sites excluding steroid dienone is 1. The smallest absolute Gasteiger partial charge is 0.136 e. The fourth-order valence-corrected chi connectivity index (χ4v) is 1.03. The molecular formula is C9H7ClFN. The molecular weight excluding hydrogens is 177 g/mol. The average molecular weight is 184 g/mol. The number of rotatable bonds is 1. The molecule has 1 heterocycles. The standard InChI is InChI=1S/C9H7ClFN/c1-6-3-4-12-9(10)8(6)5-7(2)11/h3-5H,1-2H2/b8-5+. The molecule has 1 aromatic heterocycles. The highest BCUT2D eigenvalue weighted by atomic mass is 35.5. The second-order valence-corrected chi connectivity index (χ2v) is 2.62. The summed E-state index contributed by atoms with van der Waals surface area (Å²) < 4.78 is 12.4. The van der Waals surface area contributed by atoms with Crippen molar-refractivity contribution in [2.75, 3.05) is 0 Å². The normalized spacial score (nSPS) is 11.7. The molecule has 3 heteroatoms. The highest BCUT2D eigenvalue weighted by molar-refractivity contribution is 6.29. The Morgan fingerprint density at radius 2 is 2.33 bits per heavy atom. The molecule has 0 atom stereocenters. The van der Waals surface area contributed by atoms with Gasteiger partial charge in [0, 0.05) is 11.4 Å². The molecule has 12 heavy (non-hydrogen) atoms. The van der Waals surface area contributed by atoms with Gasteiger partial charge in [-0.05, 0) is 17.4 Å². The SMILES string of the molecule is C=C(F)/C=c1/c(Cl)nccc1=C. The predicted octanol–water partition coefficient (Wildman–Crippen LogP) is 1.41. The van der Waals surface area contributed by atoms with Gasteiger partial charge in [0.25, 0.3) is 0 Å². The molecule has 1 aromatic rings. The number of pyridine rings is 1. The van der Waals surface area contributed by atoms with Gasteiger partial charge in [-0.25, -0.2) is 9.37 Å². The lowest BCUT2D eigenvalue weighted by Crippen LogP contribution is -2.24. The van der Waals surface area contributed by atoms with Crippen molar-refractivity contribution >= 4 is 24.3 Å². The van der Waals surface area contributed by atoms with E-state index in [9.17, 15) is 4.39 Å². The first-order chi connectivity index (χ1) is 5.61. The first-order valence-corrected chi connectivity index (χ1v) is 3.64. The van der Waals surface area contributed by atoms with Crippen LogP contribution < -0.4 is 10.4 Å². The van der Waals surface area contributed by atoms with Gasteiger partial charge in [-0.2, -0.15) is 0 Å². The van der Waals surface area contributed by atoms with E-state index in [1.54, 1.807) is 6.07 Å². The third-order valence-corrected chi connectivity index (χ3v) is 1.63. The Labute approximate surface area is 74.5 Å². The summed E-state index contributed by atoms with van der Waals surface area (Å²) in [6.07, 6.45) is 2.72. The van der Waals surface area contributed by atoms with Crippen LogP contribution in [-0.4, -0.2) is 4.98 Å². The molecule has 0 aliphatic heterocycles. The minimum atomic E-state index is -0.560. The second kappa shape index (κ2) is 3.50. The van der Waals surface area contributed by atoms with Crippen molar-refractivity contribution in [2.45, 2.75) is 0 Å². The number of hydrogen-bond donors (Lipinski definition) is 0. The summed E-state index contributed by atoms with van der Waals surface area (Å²) in [5, 5.41) is 1.35. The van der Waals surface area contributed by atoms with E-state index in [1.165, 1.54) is 12.3 Å². The van der Waals surface area contributed by atoms with Crippen LogP contribution in [0.1, 0.15) is 0 Å². The molecule has 0 bridgehead atoms. The number of aromatic nitrogens is 1. The van der Waals surface area contributed by atoms with Crippen molar-refractivity contribution in [3.05, 3.63) is 40.3 Å². The van der Waals surface area contributed by atoms with E-state index >= 15 is 0 Å². The molecule has 0 aliphatic rings. The number of hydrogen-bond acceptors (Lipinski definition) is 1. The Morgan fingerprint density at radius 3 is 2.83 bits per heavy atom. The van der Waals surface area contributed by atoms with E-state index in [1.807, 2.05) is 0 Å². The van der Waals surface area contributed by atoms with Crippen LogP contribution in [-0.2, 0) is 0 Å². The fourth-order valence-electron chi connectivity index (χ4n) is 0.793. The molecule has 0 unspecified atom stereocenters. The molecule has 0 aliphatic carbocycles. The van der Waals surface area contributed by atoms with E-state index in [4.69, 9.17) is 11.6 Å². The lowest BCUT2D eigenvalue weighted by Gasteiger charge is -1.90. The van der Waals surface area contributed by atoms with Gasteiger partial charge in [0.1, 0.15) is 11.0 Å². The van der Waals surface area contributed by atoms with E-state index < -0.39 is 5.83 Å². The maximum absolute atomic E-state index is 12.4. The molecule has 0 amide bonds. The van der Waals surface area contributed by atoms with Gasteiger partial charge in [-0.3, -0.25) is 0 Å². The monoisotopic (exact) mass is 183 g/mol. The lowest BCUT2D eigenvalue weighted by atomic mass is 10.3. The minimum absolute atomic E-state index is 0.237. The Balaban J connectivity index is 3.52. The van der Waals surface area contributed by atoms with Crippen LogP contribution in [0.3, 0.4) is 0 Å². The maximum atomic E-state index is 12.4. The van der Waals surface area contributed by atoms with Crippen molar-refractivity contribution in [3.8, 4) is 0 Å². The molecule has 0 aromatic carbocycles. The van der Waals surface area contributed by atoms with Gasteiger partial charge >= 0.3 is 0 Å². The van der Waals surface area contributed by atoms with Crippen molar-refractivity contribution in [1.29, 1.82) is 0 Å². The topological polar surface area (TPSA) is 12.9 Å². The zero-order valence-electron chi connectivity index (χ0n) is 6.35. The Kier molecular flexibility index (Phi) is 2.61. The minimum Gasteiger partial charge on any atom is -0.244 e. The van der Waals surface area contributed by atoms with Crippen LogP contribution in [0.25, 0.3) is 12.7 Å². The molecule has 0 fully saturated rings. The van der Waals surface area contributed by atoms with Gasteiger partial charge in [-0.1, -0.05) is 24.8 Å². The summed E-state index contributed by atoms with van der Waals surface area (Å²) in [5.74, 6) is -0.560. The second-order valence-electron chi connectivity index (χ2n) is 2.27. The maximum Gasteiger partial charge on any atom is 0.136 e. The molecule has 0 N–H and O–H groups in total. The molecule has 0 saturated carbocycles. The average Bonchev–Trinajstić information content (AvgIpc) is 1.97. The first kappa shape index (κ1) is 8.94. The summed E-state index contributed by atoms with van der Waals surface area (Å²) in [6, 6.07) is 1.65. The molecule has 62 valence electrons. The van der Waals surface area contributed by atoms with E-state index in [0.29, 0.717) is 10.4 Å². The highest BCUT2D eigenvalue weighted by Gasteiger charge is 1.92. The van der Waals surface area contributed by atoms with Crippen molar-refractivity contribution in [2.24, 2.45) is 0 Å². The van der Waals surface area contributed by atoms with Crippen LogP contribution in [0.5, 0.6) is 0 Å². The highest BCUT2D eigenvalue weighted by Crippen LogP contribution is 1.95. The zero-order chi connectivity index (χ0) is 9.14. The van der Waals surface area contributed by atoms with Gasteiger partial charge in [-0.15, -0.1) is 0 Å². The van der Waals surface area contributed by atoms with Gasteiger partial charge < -0.3 is 0 Å². The summed E-state index contributed by atoms with van der Waals surface area (Å²) in [4.78, 5) is 3.78. The lowest BCUT2D eigenvalue weighted by molar-refractivity contribution is 0.684. The summed E-state index contributed by atoms with van der Waals surface area (Å²) in [6.45, 7) is 6.77. The fraction of sp³-hybridized carbons (Fsp3) is 0. The summed E-state index contributed by atoms with van der Waals surface area (Å²) >= 11 is 5.68. The van der Waals surface area contributed by atoms with Crippen LogP contribution >= 0.6 is 11.6 Å². The summed E-state index contributed by atoms with van der Waals surface area (Å²) in [7, 11) is 0. The molecule has 0 spiro atoms. The van der Waals surface area contributed by atoms with Crippen molar-refractivity contribution < 1.29 is 4.39 Å². The Bertz CT molecular complexity index is 411. The first-order valence-electron chi connectivity index (χ1n) is 3.27. The number of nitrogens with zero attached hydrogens (tertiary/aromatic N) is 1. The molecule has 1 nitrogen and oxygen atoms in total. The third-order valence-electron chi connectivity index (χ3n) is 1.33. The molecule has 1 rings (SSSR count). The molecule has 0 radical (unpaired) electrons. The molecule has 0 saturated heterocycles. The zero-order valence-corrected chi connectivity index (χ0v) is 7.11. The van der Waals surface area contributed by atoms with Crippen molar-refractivity contribution in [1.82, 2.24) is 4.98 Å². The van der Waals surface area contributed by atoms with E-state index in [0.717, 1.165) is 0 Å². The van der Waals surface area contributed by atoms with Crippen molar-refractivity contribution in [3.63, 3.8) is 0 Å². The summed E-state index contributed by atoms with van der Waals surface area (Å²) in [5.41, 5.74) is 0. The largest absolute Gasteiger partial charge is 0.244 e. The van der Waals surface area contributed by atoms with Crippen LogP contribution in [0.2, 0.25) is 5.15 Å². The quantitative estimate of drug-likeness (QED) is 0.600. The van der Waals surface area contributed by atoms with Crippen LogP contribution in [0, 0.1) is 0 Å². The Hall–Kier alpha value is -1.15. The van der Waals surface area contributed by atoms with Crippen LogP contribution in [0.15, 0.2) is 24.7 Å². The third kappa shape index (κ3) is 1.92. The van der Waals surface area contributed by atoms with Gasteiger partial charge in [0.2, 0.25) is 0 Å². The number of halogens is 2. The predicted molar refractivity (Wildman–Crippen MR) is 48.7 cm³/mol. The Morgan fingerprint density at radius 1 is 1.67 bits per heavy atom. The van der Waals surface area contributed by atoms with Gasteiger partial charge in [0.05, 0.1) is 0 Å². The van der Waals surface area contributed by atoms with Gasteiger partial charge in [0.15, 0.2) is 0 Å².